The lowest BCUT2D eigenvalue weighted by atomic mass is 10.0. The molecule has 0 saturated carbocycles. The third-order valence-electron chi connectivity index (χ3n) is 3.82. The van der Waals surface area contributed by atoms with Gasteiger partial charge in [0.05, 0.1) is 11.9 Å². The summed E-state index contributed by atoms with van der Waals surface area (Å²) in [7, 11) is -3.38. The van der Waals surface area contributed by atoms with E-state index in [4.69, 9.17) is 18.0 Å². The van der Waals surface area contributed by atoms with Gasteiger partial charge in [-0.05, 0) is 30.9 Å². The Bertz CT molecular complexity index is 629. The zero-order valence-corrected chi connectivity index (χ0v) is 13.5. The summed E-state index contributed by atoms with van der Waals surface area (Å²) in [6.07, 6.45) is 0.215. The molecule has 0 bridgehead atoms. The molecule has 3 N–H and O–H groups in total. The Morgan fingerprint density at radius 3 is 2.86 bits per heavy atom. The summed E-state index contributed by atoms with van der Waals surface area (Å²) >= 11 is 4.90. The van der Waals surface area contributed by atoms with Crippen molar-refractivity contribution in [2.75, 3.05) is 13.1 Å². The van der Waals surface area contributed by atoms with E-state index < -0.39 is 16.1 Å². The number of aliphatic hydroxyl groups is 1. The first-order valence-corrected chi connectivity index (χ1v) is 8.86. The third kappa shape index (κ3) is 4.00. The molecule has 0 amide bonds. The first-order valence-electron chi connectivity index (χ1n) is 6.84. The molecule has 0 aliphatic carbocycles. The highest BCUT2D eigenvalue weighted by Gasteiger charge is 2.33. The molecule has 2 unspecified atom stereocenters. The van der Waals surface area contributed by atoms with Crippen LogP contribution in [0.2, 0.25) is 0 Å². The average molecular weight is 328 g/mol. The van der Waals surface area contributed by atoms with Crippen LogP contribution >= 0.6 is 12.2 Å². The van der Waals surface area contributed by atoms with Gasteiger partial charge in [0.1, 0.15) is 4.99 Å². The van der Waals surface area contributed by atoms with Crippen LogP contribution < -0.4 is 5.73 Å². The van der Waals surface area contributed by atoms with Gasteiger partial charge in [-0.15, -0.1) is 0 Å². The van der Waals surface area contributed by atoms with E-state index in [1.807, 2.05) is 0 Å². The first kappa shape index (κ1) is 16.4. The number of aliphatic hydroxyl groups excluding tert-OH is 1. The van der Waals surface area contributed by atoms with Gasteiger partial charge in [0.25, 0.3) is 0 Å². The highest BCUT2D eigenvalue weighted by molar-refractivity contribution is 7.88. The second kappa shape index (κ2) is 6.39. The molecule has 2 rings (SSSR count). The van der Waals surface area contributed by atoms with Crippen LogP contribution in [0.3, 0.4) is 0 Å². The first-order chi connectivity index (χ1) is 9.79. The number of sulfonamides is 1. The molecular formula is C14H20N2O3S2. The molecule has 0 radical (unpaired) electrons. The van der Waals surface area contributed by atoms with E-state index in [0.717, 1.165) is 0 Å². The van der Waals surface area contributed by atoms with Crippen LogP contribution in [0.25, 0.3) is 0 Å². The summed E-state index contributed by atoms with van der Waals surface area (Å²) in [6, 6.07) is 6.98. The molecule has 1 aliphatic heterocycles. The minimum absolute atomic E-state index is 0.0164. The van der Waals surface area contributed by atoms with Crippen LogP contribution in [0.5, 0.6) is 0 Å². The molecule has 1 aromatic rings. The van der Waals surface area contributed by atoms with Crippen molar-refractivity contribution in [2.24, 2.45) is 11.7 Å². The van der Waals surface area contributed by atoms with Crippen LogP contribution in [-0.2, 0) is 15.8 Å². The Morgan fingerprint density at radius 1 is 1.57 bits per heavy atom. The molecular weight excluding hydrogens is 308 g/mol. The lowest BCUT2D eigenvalue weighted by Gasteiger charge is -2.18. The average Bonchev–Trinajstić information content (AvgIpc) is 2.89. The van der Waals surface area contributed by atoms with Gasteiger partial charge in [0.2, 0.25) is 10.0 Å². The van der Waals surface area contributed by atoms with Gasteiger partial charge in [-0.3, -0.25) is 0 Å². The lowest BCUT2D eigenvalue weighted by molar-refractivity contribution is 0.133. The normalized spacial score (nSPS) is 21.3. The molecule has 1 saturated heterocycles. The van der Waals surface area contributed by atoms with Crippen molar-refractivity contribution < 1.29 is 13.5 Å². The Hall–Kier alpha value is -1.02. The number of thiocarbonyl (C=S) groups is 1. The van der Waals surface area contributed by atoms with E-state index in [9.17, 15) is 13.5 Å². The smallest absolute Gasteiger partial charge is 0.218 e. The van der Waals surface area contributed by atoms with Crippen molar-refractivity contribution in [1.82, 2.24) is 4.31 Å². The van der Waals surface area contributed by atoms with E-state index in [1.54, 1.807) is 31.2 Å². The largest absolute Gasteiger partial charge is 0.393 e. The van der Waals surface area contributed by atoms with Gasteiger partial charge < -0.3 is 10.8 Å². The molecule has 1 aliphatic rings. The maximum atomic E-state index is 12.4. The number of rotatable bonds is 5. The van der Waals surface area contributed by atoms with Crippen molar-refractivity contribution in [2.45, 2.75) is 25.2 Å². The maximum absolute atomic E-state index is 12.4. The van der Waals surface area contributed by atoms with E-state index in [2.05, 4.69) is 0 Å². The summed E-state index contributed by atoms with van der Waals surface area (Å²) in [5, 5.41) is 9.57. The number of hydrogen-bond acceptors (Lipinski definition) is 4. The Labute approximate surface area is 130 Å². The van der Waals surface area contributed by atoms with Crippen molar-refractivity contribution in [3.05, 3.63) is 35.4 Å². The fourth-order valence-corrected chi connectivity index (χ4v) is 4.23. The summed E-state index contributed by atoms with van der Waals surface area (Å²) in [6.45, 7) is 2.55. The minimum atomic E-state index is -3.38. The highest BCUT2D eigenvalue weighted by Crippen LogP contribution is 2.24. The topological polar surface area (TPSA) is 83.6 Å². The summed E-state index contributed by atoms with van der Waals surface area (Å²) in [4.78, 5) is 0.254. The Balaban J connectivity index is 2.11. The molecule has 0 aromatic heterocycles. The summed E-state index contributed by atoms with van der Waals surface area (Å²) < 4.78 is 26.3. The van der Waals surface area contributed by atoms with Gasteiger partial charge in [-0.25, -0.2) is 12.7 Å². The van der Waals surface area contributed by atoms with Gasteiger partial charge in [-0.1, -0.05) is 30.4 Å². The van der Waals surface area contributed by atoms with E-state index in [1.165, 1.54) is 4.31 Å². The molecule has 5 nitrogen and oxygen atoms in total. The van der Waals surface area contributed by atoms with Crippen LogP contribution in [0.1, 0.15) is 24.5 Å². The minimum Gasteiger partial charge on any atom is -0.393 e. The van der Waals surface area contributed by atoms with Crippen molar-refractivity contribution in [3.63, 3.8) is 0 Å². The number of hydrogen-bond donors (Lipinski definition) is 2. The Kier molecular flexibility index (Phi) is 4.98. The van der Waals surface area contributed by atoms with Gasteiger partial charge in [-0.2, -0.15) is 0 Å². The fraction of sp³-hybridized carbons (Fsp3) is 0.500. The quantitative estimate of drug-likeness (QED) is 0.783. The molecule has 0 spiro atoms. The molecule has 1 aromatic carbocycles. The van der Waals surface area contributed by atoms with E-state index in [-0.39, 0.29) is 16.7 Å². The van der Waals surface area contributed by atoms with Gasteiger partial charge in [0.15, 0.2) is 0 Å². The van der Waals surface area contributed by atoms with Crippen LogP contribution in [0, 0.1) is 5.92 Å². The van der Waals surface area contributed by atoms with Crippen LogP contribution in [0.15, 0.2) is 24.3 Å². The highest BCUT2D eigenvalue weighted by atomic mass is 32.2. The summed E-state index contributed by atoms with van der Waals surface area (Å²) in [5.41, 5.74) is 6.90. The Morgan fingerprint density at radius 2 is 2.29 bits per heavy atom. The zero-order chi connectivity index (χ0) is 15.6. The predicted octanol–water partition coefficient (Wildman–Crippen LogP) is 0.853. The molecule has 2 atom stereocenters. The third-order valence-corrected chi connectivity index (χ3v) is 5.88. The monoisotopic (exact) mass is 328 g/mol. The fourth-order valence-electron chi connectivity index (χ4n) is 2.52. The van der Waals surface area contributed by atoms with Gasteiger partial charge in [0, 0.05) is 18.7 Å². The number of benzene rings is 1. The molecule has 1 heterocycles. The van der Waals surface area contributed by atoms with Crippen LogP contribution in [0.4, 0.5) is 0 Å². The van der Waals surface area contributed by atoms with E-state index >= 15 is 0 Å². The molecule has 21 heavy (non-hydrogen) atoms. The SMILES string of the molecule is CC(O)C1CCN(S(=O)(=O)Cc2cccc(C(N)=S)c2)C1. The summed E-state index contributed by atoms with van der Waals surface area (Å²) in [5.74, 6) is -0.0570. The number of nitrogens with zero attached hydrogens (tertiary/aromatic N) is 1. The van der Waals surface area contributed by atoms with Gasteiger partial charge >= 0.3 is 0 Å². The van der Waals surface area contributed by atoms with Crippen molar-refractivity contribution >= 4 is 27.2 Å². The second-order valence-electron chi connectivity index (χ2n) is 5.47. The molecule has 116 valence electrons. The lowest BCUT2D eigenvalue weighted by Crippen LogP contribution is -2.31. The van der Waals surface area contributed by atoms with E-state index in [0.29, 0.717) is 30.6 Å². The molecule has 1 fully saturated rings. The predicted molar refractivity (Wildman–Crippen MR) is 86.3 cm³/mol. The zero-order valence-electron chi connectivity index (χ0n) is 11.9. The van der Waals surface area contributed by atoms with Crippen LogP contribution in [-0.4, -0.2) is 42.0 Å². The standard InChI is InChI=1S/C14H20N2O3S2/c1-10(17)13-5-6-16(8-13)21(18,19)9-11-3-2-4-12(7-11)14(15)20/h2-4,7,10,13,17H,5-6,8-9H2,1H3,(H2,15,20). The van der Waals surface area contributed by atoms with Crippen molar-refractivity contribution in [3.8, 4) is 0 Å². The second-order valence-corrected chi connectivity index (χ2v) is 7.88. The van der Waals surface area contributed by atoms with Crippen molar-refractivity contribution in [1.29, 1.82) is 0 Å². The number of nitrogens with two attached hydrogens (primary N) is 1. The maximum Gasteiger partial charge on any atom is 0.218 e. The molecule has 7 heteroatoms.